The first-order chi connectivity index (χ1) is 10.1. The van der Waals surface area contributed by atoms with Crippen molar-refractivity contribution < 1.29 is 9.84 Å². The number of rotatable bonds is 5. The fraction of sp³-hybridized carbons (Fsp3) is 0.214. The number of nitrogens with one attached hydrogen (secondary N) is 1. The zero-order valence-electron chi connectivity index (χ0n) is 11.8. The van der Waals surface area contributed by atoms with E-state index in [1.165, 1.54) is 11.3 Å². The zero-order valence-corrected chi connectivity index (χ0v) is 15.7. The summed E-state index contributed by atoms with van der Waals surface area (Å²) in [6, 6.07) is 10.8. The van der Waals surface area contributed by atoms with E-state index >= 15 is 0 Å². The third kappa shape index (κ3) is 5.64. The predicted molar refractivity (Wildman–Crippen MR) is 103 cm³/mol. The van der Waals surface area contributed by atoms with Crippen molar-refractivity contribution in [2.24, 2.45) is 10.7 Å². The number of aliphatic hydroxyl groups excluding tert-OH is 1. The van der Waals surface area contributed by atoms with Gasteiger partial charge in [-0.1, -0.05) is 11.6 Å². The van der Waals surface area contributed by atoms with Crippen LogP contribution in [0, 0.1) is 0 Å². The van der Waals surface area contributed by atoms with Crippen LogP contribution in [0.1, 0.15) is 11.0 Å². The van der Waals surface area contributed by atoms with Gasteiger partial charge in [0.15, 0.2) is 5.96 Å². The Morgan fingerprint density at radius 2 is 2.05 bits per heavy atom. The third-order valence-corrected chi connectivity index (χ3v) is 4.05. The first-order valence-electron chi connectivity index (χ1n) is 6.23. The Morgan fingerprint density at radius 1 is 1.36 bits per heavy atom. The lowest BCUT2D eigenvalue weighted by atomic mass is 10.3. The van der Waals surface area contributed by atoms with Crippen molar-refractivity contribution in [2.45, 2.75) is 6.10 Å². The van der Waals surface area contributed by atoms with E-state index in [4.69, 9.17) is 22.1 Å². The highest BCUT2D eigenvalue weighted by Gasteiger charge is 2.09. The molecule has 0 aliphatic heterocycles. The van der Waals surface area contributed by atoms with Crippen molar-refractivity contribution in [3.8, 4) is 5.75 Å². The van der Waals surface area contributed by atoms with Crippen molar-refractivity contribution >= 4 is 58.6 Å². The Balaban J connectivity index is 0.00000242. The van der Waals surface area contributed by atoms with Gasteiger partial charge in [-0.25, -0.2) is 0 Å². The number of aliphatic imine (C=N–C) groups is 1. The number of halogens is 2. The van der Waals surface area contributed by atoms with Crippen LogP contribution in [0.4, 0.5) is 5.69 Å². The standard InChI is InChI=1S/C14H16ClN3O2S.HI/c1-20-10-4-2-9(3-5-10)18-14(16)17-8-11(19)12-6-7-13(15)21-12;/h2-7,11,19H,8H2,1H3,(H3,16,17,18);1H. The molecule has 1 atom stereocenters. The SMILES string of the molecule is COc1ccc(NC(N)=NCC(O)c2ccc(Cl)s2)cc1.I. The second-order valence-corrected chi connectivity index (χ2v) is 5.98. The van der Waals surface area contributed by atoms with E-state index in [9.17, 15) is 5.11 Å². The number of nitrogens with zero attached hydrogens (tertiary/aromatic N) is 1. The van der Waals surface area contributed by atoms with E-state index < -0.39 is 6.10 Å². The fourth-order valence-corrected chi connectivity index (χ4v) is 2.68. The van der Waals surface area contributed by atoms with Gasteiger partial charge in [0.25, 0.3) is 0 Å². The van der Waals surface area contributed by atoms with Crippen LogP contribution in [0.3, 0.4) is 0 Å². The van der Waals surface area contributed by atoms with Crippen molar-refractivity contribution in [2.75, 3.05) is 19.0 Å². The van der Waals surface area contributed by atoms with Crippen LogP contribution in [0.15, 0.2) is 41.4 Å². The van der Waals surface area contributed by atoms with Crippen molar-refractivity contribution in [3.05, 3.63) is 45.6 Å². The van der Waals surface area contributed by atoms with Crippen molar-refractivity contribution in [1.29, 1.82) is 0 Å². The summed E-state index contributed by atoms with van der Waals surface area (Å²) in [5.41, 5.74) is 6.58. The molecule has 2 aromatic rings. The van der Waals surface area contributed by atoms with Crippen LogP contribution in [0.2, 0.25) is 4.34 Å². The summed E-state index contributed by atoms with van der Waals surface area (Å²) in [7, 11) is 1.61. The van der Waals surface area contributed by atoms with Gasteiger partial charge >= 0.3 is 0 Å². The minimum absolute atomic E-state index is 0. The lowest BCUT2D eigenvalue weighted by molar-refractivity contribution is 0.191. The van der Waals surface area contributed by atoms with Gasteiger partial charge in [0.05, 0.1) is 18.0 Å². The van der Waals surface area contributed by atoms with Crippen LogP contribution < -0.4 is 15.8 Å². The lowest BCUT2D eigenvalue weighted by Crippen LogP contribution is -2.23. The number of nitrogens with two attached hydrogens (primary N) is 1. The topological polar surface area (TPSA) is 79.9 Å². The molecule has 0 bridgehead atoms. The van der Waals surface area contributed by atoms with E-state index in [0.29, 0.717) is 4.34 Å². The largest absolute Gasteiger partial charge is 0.497 e. The molecule has 5 nitrogen and oxygen atoms in total. The summed E-state index contributed by atoms with van der Waals surface area (Å²) in [5, 5.41) is 12.9. The molecule has 120 valence electrons. The van der Waals surface area contributed by atoms with Crippen LogP contribution >= 0.6 is 46.9 Å². The number of anilines is 1. The van der Waals surface area contributed by atoms with Gasteiger partial charge in [-0.2, -0.15) is 0 Å². The summed E-state index contributed by atoms with van der Waals surface area (Å²) in [6.07, 6.45) is -0.710. The maximum Gasteiger partial charge on any atom is 0.193 e. The van der Waals surface area contributed by atoms with Gasteiger partial charge in [-0.15, -0.1) is 35.3 Å². The molecule has 0 saturated carbocycles. The summed E-state index contributed by atoms with van der Waals surface area (Å²) in [4.78, 5) is 4.88. The Labute approximate surface area is 155 Å². The molecule has 1 heterocycles. The highest BCUT2D eigenvalue weighted by atomic mass is 127. The molecule has 0 fully saturated rings. The molecule has 1 aromatic heterocycles. The average molecular weight is 454 g/mol. The van der Waals surface area contributed by atoms with Gasteiger partial charge in [-0.3, -0.25) is 4.99 Å². The number of ether oxygens (including phenoxy) is 1. The molecule has 4 N–H and O–H groups in total. The molecule has 2 rings (SSSR count). The van der Waals surface area contributed by atoms with Crippen LogP contribution in [0.25, 0.3) is 0 Å². The van der Waals surface area contributed by atoms with Crippen LogP contribution in [-0.4, -0.2) is 24.7 Å². The number of hydrogen-bond acceptors (Lipinski definition) is 4. The first-order valence-corrected chi connectivity index (χ1v) is 7.42. The molecule has 1 aromatic carbocycles. The van der Waals surface area contributed by atoms with E-state index in [2.05, 4.69) is 10.3 Å². The van der Waals surface area contributed by atoms with Crippen LogP contribution in [0.5, 0.6) is 5.75 Å². The van der Waals surface area contributed by atoms with Crippen molar-refractivity contribution in [3.63, 3.8) is 0 Å². The highest BCUT2D eigenvalue weighted by molar-refractivity contribution is 14.0. The van der Waals surface area contributed by atoms with Gasteiger partial charge in [0.2, 0.25) is 0 Å². The molecule has 8 heteroatoms. The molecule has 0 spiro atoms. The average Bonchev–Trinajstić information content (AvgIpc) is 2.92. The number of guanidine groups is 1. The number of hydrogen-bond donors (Lipinski definition) is 3. The van der Waals surface area contributed by atoms with E-state index in [-0.39, 0.29) is 36.5 Å². The molecule has 0 aliphatic rings. The molecule has 0 radical (unpaired) electrons. The van der Waals surface area contributed by atoms with Gasteiger partial charge in [0, 0.05) is 10.6 Å². The molecule has 1 unspecified atom stereocenters. The number of aliphatic hydroxyl groups is 1. The lowest BCUT2D eigenvalue weighted by Gasteiger charge is -2.08. The van der Waals surface area contributed by atoms with Gasteiger partial charge in [-0.05, 0) is 36.4 Å². The molecular weight excluding hydrogens is 437 g/mol. The molecule has 0 amide bonds. The highest BCUT2D eigenvalue weighted by Crippen LogP contribution is 2.26. The molecular formula is C14H17ClIN3O2S. The minimum atomic E-state index is -0.710. The Hall–Kier alpha value is -1.03. The third-order valence-electron chi connectivity index (χ3n) is 2.72. The number of thiophene rings is 1. The normalized spacial score (nSPS) is 12.4. The zero-order chi connectivity index (χ0) is 15.2. The first kappa shape index (κ1) is 19.0. The fourth-order valence-electron chi connectivity index (χ4n) is 1.64. The smallest absolute Gasteiger partial charge is 0.193 e. The van der Waals surface area contributed by atoms with Crippen molar-refractivity contribution in [1.82, 2.24) is 0 Å². The number of methoxy groups -OCH3 is 1. The molecule has 0 aliphatic carbocycles. The van der Waals surface area contributed by atoms with Crippen LogP contribution in [-0.2, 0) is 0 Å². The Kier molecular flexibility index (Phi) is 7.94. The molecule has 22 heavy (non-hydrogen) atoms. The van der Waals surface area contributed by atoms with E-state index in [1.807, 2.05) is 24.3 Å². The second kappa shape index (κ2) is 9.19. The summed E-state index contributed by atoms with van der Waals surface area (Å²) >= 11 is 7.15. The minimum Gasteiger partial charge on any atom is -0.497 e. The number of benzene rings is 1. The summed E-state index contributed by atoms with van der Waals surface area (Å²) in [5.74, 6) is 1.00. The maximum atomic E-state index is 9.96. The monoisotopic (exact) mass is 453 g/mol. The van der Waals surface area contributed by atoms with E-state index in [0.717, 1.165) is 16.3 Å². The second-order valence-electron chi connectivity index (χ2n) is 4.24. The summed E-state index contributed by atoms with van der Waals surface area (Å²) in [6.45, 7) is 0.172. The summed E-state index contributed by atoms with van der Waals surface area (Å²) < 4.78 is 5.71. The van der Waals surface area contributed by atoms with E-state index in [1.54, 1.807) is 19.2 Å². The predicted octanol–water partition coefficient (Wildman–Crippen LogP) is 3.49. The van der Waals surface area contributed by atoms with Gasteiger partial charge < -0.3 is 20.9 Å². The quantitative estimate of drug-likeness (QED) is 0.368. The maximum absolute atomic E-state index is 9.96. The Bertz CT molecular complexity index is 619. The Morgan fingerprint density at radius 3 is 2.59 bits per heavy atom. The van der Waals surface area contributed by atoms with Gasteiger partial charge in [0.1, 0.15) is 11.9 Å². The molecule has 0 saturated heterocycles.